The number of benzene rings is 1. The first-order valence-corrected chi connectivity index (χ1v) is 23.8. The van der Waals surface area contributed by atoms with Crippen molar-refractivity contribution in [2.24, 2.45) is 17.8 Å². The summed E-state index contributed by atoms with van der Waals surface area (Å²) in [6.45, 7) is 20.1. The second-order valence-corrected chi connectivity index (χ2v) is 20.5. The van der Waals surface area contributed by atoms with Gasteiger partial charge in [-0.15, -0.1) is 0 Å². The standard InChI is InChI=1S/C49H83N3O14/c1-15-37-49(11,60)41(55)33(7)51(13)26-28(2)24-47(9,59)43(31(5)40(32(6)45(58)64-37)65-38-25-48(10,61-14)42(56)34(8)63-38)66-46-39(54)36(23-30(4)62-46)50(12)21-18-22-52(27-53)44(57)35-20-17-16-19-29(35)3/h16-17,19-20,27-28,30-34,36-43,46,54-56,59-60H,15,18,21-26H2,1-14H3/t28-,30-,31+,32-,33-,34+,36+,37-,38+,39-,40+,41-,42+,43-,46+,47-,48-,49-/m1/s1. The summed E-state index contributed by atoms with van der Waals surface area (Å²) in [6.07, 6.45) is -8.46. The molecule has 3 aliphatic rings. The van der Waals surface area contributed by atoms with Crippen LogP contribution in [0.2, 0.25) is 0 Å². The van der Waals surface area contributed by atoms with Crippen molar-refractivity contribution in [1.82, 2.24) is 14.7 Å². The topological polar surface area (TPSA) is 217 Å². The first kappa shape index (κ1) is 55.9. The van der Waals surface area contributed by atoms with Crippen LogP contribution in [0.1, 0.15) is 117 Å². The van der Waals surface area contributed by atoms with E-state index in [-0.39, 0.29) is 37.6 Å². The first-order chi connectivity index (χ1) is 30.7. The van der Waals surface area contributed by atoms with Crippen molar-refractivity contribution in [2.45, 2.75) is 199 Å². The lowest BCUT2D eigenvalue weighted by atomic mass is 9.77. The molecule has 0 radical (unpaired) electrons. The lowest BCUT2D eigenvalue weighted by Crippen LogP contribution is -2.61. The fraction of sp³-hybridized carbons (Fsp3) is 0.816. The van der Waals surface area contributed by atoms with Gasteiger partial charge in [0.25, 0.3) is 5.91 Å². The molecule has 1 aromatic carbocycles. The highest BCUT2D eigenvalue weighted by molar-refractivity contribution is 6.00. The van der Waals surface area contributed by atoms with Crippen LogP contribution in [0.25, 0.3) is 0 Å². The number of nitrogens with zero attached hydrogens (tertiary/aromatic N) is 3. The van der Waals surface area contributed by atoms with Gasteiger partial charge in [0.15, 0.2) is 12.6 Å². The summed E-state index contributed by atoms with van der Waals surface area (Å²) in [6, 6.07) is 6.01. The zero-order valence-electron chi connectivity index (χ0n) is 42.0. The van der Waals surface area contributed by atoms with E-state index in [2.05, 4.69) is 0 Å². The average molecular weight is 938 g/mol. The molecule has 2 amide bonds. The quantitative estimate of drug-likeness (QED) is 0.142. The minimum Gasteiger partial charge on any atom is -0.459 e. The van der Waals surface area contributed by atoms with E-state index in [1.165, 1.54) is 14.0 Å². The smallest absolute Gasteiger partial charge is 0.311 e. The van der Waals surface area contributed by atoms with Crippen molar-refractivity contribution in [1.29, 1.82) is 0 Å². The number of hydrogen-bond donors (Lipinski definition) is 5. The molecule has 0 saturated carbocycles. The molecular weight excluding hydrogens is 855 g/mol. The molecule has 3 aliphatic heterocycles. The van der Waals surface area contributed by atoms with Gasteiger partial charge in [-0.05, 0) is 119 Å². The number of aliphatic hydroxyl groups excluding tert-OH is 3. The molecule has 17 nitrogen and oxygen atoms in total. The Balaban J connectivity index is 1.71. The maximum atomic E-state index is 14.4. The van der Waals surface area contributed by atoms with Crippen LogP contribution in [0.4, 0.5) is 0 Å². The molecule has 5 N–H and O–H groups in total. The highest BCUT2D eigenvalue weighted by Crippen LogP contribution is 2.40. The van der Waals surface area contributed by atoms with Crippen molar-refractivity contribution in [3.63, 3.8) is 0 Å². The summed E-state index contributed by atoms with van der Waals surface area (Å²) in [4.78, 5) is 44.7. The summed E-state index contributed by atoms with van der Waals surface area (Å²) >= 11 is 0. The number of carbonyl (C=O) groups excluding carboxylic acids is 3. The molecule has 0 aliphatic carbocycles. The van der Waals surface area contributed by atoms with Crippen LogP contribution in [-0.2, 0) is 38.0 Å². The second kappa shape index (κ2) is 23.3. The highest BCUT2D eigenvalue weighted by Gasteiger charge is 2.53. The van der Waals surface area contributed by atoms with E-state index >= 15 is 0 Å². The maximum absolute atomic E-state index is 14.4. The monoisotopic (exact) mass is 938 g/mol. The van der Waals surface area contributed by atoms with Gasteiger partial charge in [-0.2, -0.15) is 0 Å². The lowest BCUT2D eigenvalue weighted by Gasteiger charge is -2.49. The molecular formula is C49H83N3O14. The number of carbonyl (C=O) groups is 3. The van der Waals surface area contributed by atoms with Gasteiger partial charge in [0.05, 0.1) is 41.5 Å². The van der Waals surface area contributed by atoms with Gasteiger partial charge in [0, 0.05) is 50.2 Å². The molecule has 66 heavy (non-hydrogen) atoms. The summed E-state index contributed by atoms with van der Waals surface area (Å²) in [5.74, 6) is -3.25. The van der Waals surface area contributed by atoms with Crippen LogP contribution in [0.5, 0.6) is 0 Å². The fourth-order valence-corrected chi connectivity index (χ4v) is 10.5. The van der Waals surface area contributed by atoms with Crippen LogP contribution >= 0.6 is 0 Å². The van der Waals surface area contributed by atoms with Gasteiger partial charge in [-0.3, -0.25) is 19.3 Å². The third-order valence-electron chi connectivity index (χ3n) is 14.8. The van der Waals surface area contributed by atoms with Crippen LogP contribution in [0.3, 0.4) is 0 Å². The average Bonchev–Trinajstić information content (AvgIpc) is 3.26. The van der Waals surface area contributed by atoms with Gasteiger partial charge in [-0.25, -0.2) is 0 Å². The van der Waals surface area contributed by atoms with E-state index in [9.17, 15) is 39.9 Å². The Bertz CT molecular complexity index is 1740. The molecule has 4 rings (SSSR count). The predicted molar refractivity (Wildman–Crippen MR) is 246 cm³/mol. The van der Waals surface area contributed by atoms with E-state index in [0.717, 1.165) is 10.5 Å². The molecule has 0 spiro atoms. The Hall–Kier alpha value is -2.65. The second-order valence-electron chi connectivity index (χ2n) is 20.5. The van der Waals surface area contributed by atoms with Crippen molar-refractivity contribution < 1.29 is 68.3 Å². The number of cyclic esters (lactones) is 1. The molecule has 1 aromatic rings. The van der Waals surface area contributed by atoms with Crippen LogP contribution < -0.4 is 0 Å². The van der Waals surface area contributed by atoms with E-state index in [4.69, 9.17) is 28.4 Å². The number of methoxy groups -OCH3 is 1. The van der Waals surface area contributed by atoms with Gasteiger partial charge >= 0.3 is 5.97 Å². The minimum atomic E-state index is -1.85. The van der Waals surface area contributed by atoms with Crippen molar-refractivity contribution in [3.05, 3.63) is 35.4 Å². The SMILES string of the molecule is CC[C@H]1OC(=O)[C@H](C)[C@@H](O[C@H]2C[C@@](C)(OC)[C@@H](O)[C@H](C)O2)[C@H](C)[C@@H](O[C@@H]2O[C@H](C)C[C@H](N(C)CCCN(C=O)C(=O)c3ccccc3C)[C@H]2O)[C@](C)(O)C[C@@H](C)CN(C)[C@H](C)[C@@H](O)[C@]1(C)O. The van der Waals surface area contributed by atoms with Gasteiger partial charge < -0.3 is 63.8 Å². The van der Waals surface area contributed by atoms with Crippen molar-refractivity contribution in [3.8, 4) is 0 Å². The van der Waals surface area contributed by atoms with Crippen molar-refractivity contribution >= 4 is 18.3 Å². The number of likely N-dealkylation sites (N-methyl/N-ethyl adjacent to an activating group) is 2. The molecule has 0 bridgehead atoms. The zero-order valence-corrected chi connectivity index (χ0v) is 42.0. The molecule has 378 valence electrons. The van der Waals surface area contributed by atoms with E-state index in [1.807, 2.05) is 56.8 Å². The first-order valence-electron chi connectivity index (χ1n) is 23.8. The van der Waals surface area contributed by atoms with E-state index in [1.54, 1.807) is 60.6 Å². The number of aryl methyl sites for hydroxylation is 1. The summed E-state index contributed by atoms with van der Waals surface area (Å²) in [5, 5.41) is 59.4. The fourth-order valence-electron chi connectivity index (χ4n) is 10.5. The molecule has 18 atom stereocenters. The number of esters is 1. The third kappa shape index (κ3) is 13.0. The molecule has 0 unspecified atom stereocenters. The van der Waals surface area contributed by atoms with Gasteiger partial charge in [0.1, 0.15) is 30.0 Å². The summed E-state index contributed by atoms with van der Waals surface area (Å²) in [7, 11) is 5.16. The molecule has 17 heteroatoms. The number of hydrogen-bond acceptors (Lipinski definition) is 16. The summed E-state index contributed by atoms with van der Waals surface area (Å²) < 4.78 is 38.1. The van der Waals surface area contributed by atoms with E-state index < -0.39 is 108 Å². The van der Waals surface area contributed by atoms with Crippen LogP contribution in [0.15, 0.2) is 24.3 Å². The lowest BCUT2D eigenvalue weighted by molar-refractivity contribution is -0.318. The molecule has 3 saturated heterocycles. The Morgan fingerprint density at radius 3 is 2.23 bits per heavy atom. The predicted octanol–water partition coefficient (Wildman–Crippen LogP) is 3.27. The highest BCUT2D eigenvalue weighted by atomic mass is 16.7. The van der Waals surface area contributed by atoms with Gasteiger partial charge in [-0.1, -0.05) is 39.0 Å². The maximum Gasteiger partial charge on any atom is 0.311 e. The van der Waals surface area contributed by atoms with Crippen LogP contribution in [0, 0.1) is 24.7 Å². The minimum absolute atomic E-state index is 0.0856. The molecule has 3 heterocycles. The molecule has 3 fully saturated rings. The zero-order chi connectivity index (χ0) is 49.6. The Morgan fingerprint density at radius 2 is 1.62 bits per heavy atom. The van der Waals surface area contributed by atoms with Crippen LogP contribution in [-0.4, -0.2) is 190 Å². The number of amides is 2. The Kier molecular flexibility index (Phi) is 19.8. The normalized spacial score (nSPS) is 41.4. The third-order valence-corrected chi connectivity index (χ3v) is 14.8. The summed E-state index contributed by atoms with van der Waals surface area (Å²) in [5.41, 5.74) is -3.36. The Morgan fingerprint density at radius 1 is 0.970 bits per heavy atom. The van der Waals surface area contributed by atoms with Gasteiger partial charge in [0.2, 0.25) is 6.41 Å². The largest absolute Gasteiger partial charge is 0.459 e. The number of aliphatic hydroxyl groups is 5. The number of ether oxygens (including phenoxy) is 6. The number of imide groups is 1. The van der Waals surface area contributed by atoms with E-state index in [0.29, 0.717) is 37.9 Å². The Labute approximate surface area is 393 Å². The van der Waals surface area contributed by atoms with Crippen molar-refractivity contribution in [2.75, 3.05) is 40.8 Å². The molecule has 0 aromatic heterocycles. The number of rotatable bonds is 13.